The van der Waals surface area contributed by atoms with Gasteiger partial charge < -0.3 is 15.5 Å². The molecule has 1 amide bonds. The lowest BCUT2D eigenvalue weighted by molar-refractivity contribution is -0.145. The molecule has 0 aromatic carbocycles. The zero-order valence-corrected chi connectivity index (χ0v) is 9.85. The van der Waals surface area contributed by atoms with Crippen molar-refractivity contribution in [2.75, 3.05) is 0 Å². The summed E-state index contributed by atoms with van der Waals surface area (Å²) in [6.45, 7) is 3.20. The predicted octanol–water partition coefficient (Wildman–Crippen LogP) is -0.316. The Labute approximate surface area is 102 Å². The van der Waals surface area contributed by atoms with E-state index in [1.165, 1.54) is 0 Å². The van der Waals surface area contributed by atoms with Gasteiger partial charge in [-0.15, -0.1) is 0 Å². The second-order valence-electron chi connectivity index (χ2n) is 3.77. The van der Waals surface area contributed by atoms with Crippen molar-refractivity contribution < 1.29 is 24.6 Å². The Morgan fingerprint density at radius 1 is 1.33 bits per heavy atom. The number of carbonyl (C=O) groups excluding carboxylic acids is 1. The van der Waals surface area contributed by atoms with Gasteiger partial charge in [0, 0.05) is 5.69 Å². The molecule has 0 aliphatic carbocycles. The standard InChI is InChI=1S/C10H13N3O5/c1-4-8(5(2)13-12-4)9(16)11-6(10(17)18)3-7(14)15/h6H,3H2,1-2H3,(H,11,16)(H,12,13)(H,14,15)(H,17,18)/t6-/m0/s1. The predicted molar refractivity (Wildman–Crippen MR) is 59.2 cm³/mol. The zero-order valence-electron chi connectivity index (χ0n) is 9.85. The molecule has 0 aliphatic heterocycles. The second-order valence-corrected chi connectivity index (χ2v) is 3.77. The third-order valence-corrected chi connectivity index (χ3v) is 2.34. The van der Waals surface area contributed by atoms with Crippen molar-refractivity contribution in [1.82, 2.24) is 15.5 Å². The van der Waals surface area contributed by atoms with Crippen LogP contribution in [0.5, 0.6) is 0 Å². The van der Waals surface area contributed by atoms with Gasteiger partial charge in [-0.3, -0.25) is 14.7 Å². The number of nitrogens with one attached hydrogen (secondary N) is 2. The summed E-state index contributed by atoms with van der Waals surface area (Å²) in [5.74, 6) is -3.36. The van der Waals surface area contributed by atoms with E-state index in [-0.39, 0.29) is 5.56 Å². The van der Waals surface area contributed by atoms with Crippen LogP contribution in [-0.2, 0) is 9.59 Å². The molecule has 0 aliphatic rings. The van der Waals surface area contributed by atoms with Crippen molar-refractivity contribution in [2.45, 2.75) is 26.3 Å². The van der Waals surface area contributed by atoms with Crippen LogP contribution in [0.25, 0.3) is 0 Å². The highest BCUT2D eigenvalue weighted by Crippen LogP contribution is 2.09. The molecule has 0 fully saturated rings. The van der Waals surface area contributed by atoms with E-state index in [4.69, 9.17) is 10.2 Å². The minimum Gasteiger partial charge on any atom is -0.481 e. The van der Waals surface area contributed by atoms with Crippen LogP contribution in [0.1, 0.15) is 28.2 Å². The molecule has 18 heavy (non-hydrogen) atoms. The van der Waals surface area contributed by atoms with Gasteiger partial charge in [-0.1, -0.05) is 0 Å². The quantitative estimate of drug-likeness (QED) is 0.570. The van der Waals surface area contributed by atoms with Gasteiger partial charge >= 0.3 is 11.9 Å². The molecule has 1 rings (SSSR count). The number of hydrogen-bond donors (Lipinski definition) is 4. The average Bonchev–Trinajstić information content (AvgIpc) is 2.56. The maximum Gasteiger partial charge on any atom is 0.326 e. The number of aliphatic carboxylic acids is 2. The summed E-state index contributed by atoms with van der Waals surface area (Å²) in [6.07, 6.45) is -0.684. The van der Waals surface area contributed by atoms with Gasteiger partial charge in [0.2, 0.25) is 0 Å². The molecule has 1 heterocycles. The number of carbonyl (C=O) groups is 3. The minimum absolute atomic E-state index is 0.228. The fraction of sp³-hybridized carbons (Fsp3) is 0.400. The molecule has 4 N–H and O–H groups in total. The van der Waals surface area contributed by atoms with Crippen LogP contribution in [0.4, 0.5) is 0 Å². The first kappa shape index (κ1) is 13.7. The normalized spacial score (nSPS) is 11.9. The van der Waals surface area contributed by atoms with Gasteiger partial charge in [-0.2, -0.15) is 5.10 Å². The van der Waals surface area contributed by atoms with Crippen LogP contribution in [-0.4, -0.2) is 44.3 Å². The van der Waals surface area contributed by atoms with Gasteiger partial charge in [0.05, 0.1) is 17.7 Å². The molecule has 98 valence electrons. The summed E-state index contributed by atoms with van der Waals surface area (Å²) in [4.78, 5) is 33.1. The fourth-order valence-electron chi connectivity index (χ4n) is 1.49. The highest BCUT2D eigenvalue weighted by Gasteiger charge is 2.25. The molecule has 1 atom stereocenters. The van der Waals surface area contributed by atoms with E-state index >= 15 is 0 Å². The summed E-state index contributed by atoms with van der Waals surface area (Å²) in [7, 11) is 0. The second kappa shape index (κ2) is 5.30. The number of aromatic nitrogens is 2. The van der Waals surface area contributed by atoms with E-state index < -0.39 is 30.3 Å². The Balaban J connectivity index is 2.85. The van der Waals surface area contributed by atoms with E-state index in [0.29, 0.717) is 11.4 Å². The molecule has 8 heteroatoms. The van der Waals surface area contributed by atoms with Gasteiger partial charge in [-0.05, 0) is 13.8 Å². The Morgan fingerprint density at radius 2 is 1.94 bits per heavy atom. The number of rotatable bonds is 5. The number of amides is 1. The van der Waals surface area contributed by atoms with Gasteiger partial charge in [-0.25, -0.2) is 4.79 Å². The highest BCUT2D eigenvalue weighted by molar-refractivity contribution is 5.99. The monoisotopic (exact) mass is 255 g/mol. The highest BCUT2D eigenvalue weighted by atomic mass is 16.4. The number of nitrogens with zero attached hydrogens (tertiary/aromatic N) is 1. The summed E-state index contributed by atoms with van der Waals surface area (Å²) in [6, 6.07) is -1.47. The number of H-pyrrole nitrogens is 1. The molecular weight excluding hydrogens is 242 g/mol. The molecule has 1 aromatic heterocycles. The van der Waals surface area contributed by atoms with Crippen LogP contribution < -0.4 is 5.32 Å². The molecule has 0 bridgehead atoms. The van der Waals surface area contributed by atoms with E-state index in [9.17, 15) is 14.4 Å². The first-order valence-electron chi connectivity index (χ1n) is 5.10. The molecule has 0 unspecified atom stereocenters. The molecule has 1 aromatic rings. The van der Waals surface area contributed by atoms with Crippen LogP contribution in [0, 0.1) is 13.8 Å². The lowest BCUT2D eigenvalue weighted by Gasteiger charge is -2.12. The fourth-order valence-corrected chi connectivity index (χ4v) is 1.49. The Kier molecular flexibility index (Phi) is 4.03. The third kappa shape index (κ3) is 3.06. The van der Waals surface area contributed by atoms with Crippen molar-refractivity contribution in [1.29, 1.82) is 0 Å². The summed E-state index contributed by atoms with van der Waals surface area (Å²) >= 11 is 0. The third-order valence-electron chi connectivity index (χ3n) is 2.34. The molecule has 8 nitrogen and oxygen atoms in total. The minimum atomic E-state index is -1.47. The number of aromatic amines is 1. The average molecular weight is 255 g/mol. The van der Waals surface area contributed by atoms with Crippen LogP contribution >= 0.6 is 0 Å². The van der Waals surface area contributed by atoms with E-state index in [2.05, 4.69) is 15.5 Å². The lowest BCUT2D eigenvalue weighted by atomic mass is 10.1. The maximum absolute atomic E-state index is 11.8. The van der Waals surface area contributed by atoms with Crippen LogP contribution in [0.15, 0.2) is 0 Å². The largest absolute Gasteiger partial charge is 0.481 e. The SMILES string of the molecule is Cc1n[nH]c(C)c1C(=O)N[C@@H](CC(=O)O)C(=O)O. The number of carboxylic acid groups (broad SMARTS) is 2. The number of aryl methyl sites for hydroxylation is 2. The molecule has 0 saturated heterocycles. The number of hydrogen-bond acceptors (Lipinski definition) is 4. The summed E-state index contributed by atoms with van der Waals surface area (Å²) in [5.41, 5.74) is 1.14. The van der Waals surface area contributed by atoms with Crippen molar-refractivity contribution in [3.05, 3.63) is 17.0 Å². The van der Waals surface area contributed by atoms with Gasteiger partial charge in [0.15, 0.2) is 0 Å². The van der Waals surface area contributed by atoms with Crippen molar-refractivity contribution in [3.63, 3.8) is 0 Å². The van der Waals surface area contributed by atoms with E-state index in [1.807, 2.05) is 0 Å². The summed E-state index contributed by atoms with van der Waals surface area (Å²) < 4.78 is 0. The smallest absolute Gasteiger partial charge is 0.326 e. The van der Waals surface area contributed by atoms with Crippen LogP contribution in [0.3, 0.4) is 0 Å². The Hall–Kier alpha value is -2.38. The lowest BCUT2D eigenvalue weighted by Crippen LogP contribution is -2.42. The van der Waals surface area contributed by atoms with Gasteiger partial charge in [0.1, 0.15) is 6.04 Å². The zero-order chi connectivity index (χ0) is 13.9. The van der Waals surface area contributed by atoms with Crippen molar-refractivity contribution in [2.24, 2.45) is 0 Å². The molecule has 0 radical (unpaired) electrons. The van der Waals surface area contributed by atoms with Gasteiger partial charge in [0.25, 0.3) is 5.91 Å². The topological polar surface area (TPSA) is 132 Å². The van der Waals surface area contributed by atoms with E-state index in [1.54, 1.807) is 13.8 Å². The molecule has 0 saturated carbocycles. The Morgan fingerprint density at radius 3 is 2.33 bits per heavy atom. The van der Waals surface area contributed by atoms with E-state index in [0.717, 1.165) is 0 Å². The van der Waals surface area contributed by atoms with Crippen LogP contribution in [0.2, 0.25) is 0 Å². The first-order valence-corrected chi connectivity index (χ1v) is 5.10. The summed E-state index contributed by atoms with van der Waals surface area (Å²) in [5, 5.41) is 25.9. The maximum atomic E-state index is 11.8. The Bertz CT molecular complexity index is 474. The van der Waals surface area contributed by atoms with Crippen molar-refractivity contribution in [3.8, 4) is 0 Å². The van der Waals surface area contributed by atoms with Crippen molar-refractivity contribution >= 4 is 17.8 Å². The first-order chi connectivity index (χ1) is 8.32. The molecular formula is C10H13N3O5. The number of carboxylic acids is 2. The molecule has 0 spiro atoms.